The van der Waals surface area contributed by atoms with Crippen molar-refractivity contribution in [3.05, 3.63) is 52.3 Å². The number of hydrogen-bond acceptors (Lipinski definition) is 7. The first kappa shape index (κ1) is 14.3. The van der Waals surface area contributed by atoms with Crippen LogP contribution in [0.2, 0.25) is 0 Å². The first-order valence-electron chi connectivity index (χ1n) is 7.51. The van der Waals surface area contributed by atoms with Crippen molar-refractivity contribution in [1.29, 1.82) is 0 Å². The minimum atomic E-state index is 0.705. The van der Waals surface area contributed by atoms with Gasteiger partial charge in [0, 0.05) is 55.1 Å². The third-order valence-electron chi connectivity index (χ3n) is 4.04. The van der Waals surface area contributed by atoms with Crippen molar-refractivity contribution < 1.29 is 0 Å². The van der Waals surface area contributed by atoms with Gasteiger partial charge >= 0.3 is 0 Å². The highest BCUT2D eigenvalue weighted by Crippen LogP contribution is 2.23. The predicted molar refractivity (Wildman–Crippen MR) is 87.7 cm³/mol. The van der Waals surface area contributed by atoms with Crippen LogP contribution in [-0.2, 0) is 19.5 Å². The van der Waals surface area contributed by atoms with Gasteiger partial charge in [-0.25, -0.2) is 24.9 Å². The van der Waals surface area contributed by atoms with E-state index < -0.39 is 0 Å². The second-order valence-corrected chi connectivity index (χ2v) is 6.55. The zero-order valence-electron chi connectivity index (χ0n) is 12.8. The summed E-state index contributed by atoms with van der Waals surface area (Å²) >= 11 is 1.73. The number of hydrogen-bond donors (Lipinski definition) is 0. The summed E-state index contributed by atoms with van der Waals surface area (Å²) in [6, 6.07) is 0. The maximum absolute atomic E-state index is 4.71. The standard InChI is InChI=1S/C16H16N6S/c1-11-15(23-10-20-11)8-22-3-2-14-13(7-22)6-19-16(21-14)12-4-17-9-18-5-12/h4-6,9-10H,2-3,7-8H2,1H3. The average molecular weight is 324 g/mol. The summed E-state index contributed by atoms with van der Waals surface area (Å²) < 4.78 is 0. The molecule has 4 rings (SSSR count). The first-order chi connectivity index (χ1) is 11.3. The molecule has 0 aliphatic carbocycles. The maximum Gasteiger partial charge on any atom is 0.162 e. The van der Waals surface area contributed by atoms with Gasteiger partial charge in [0.25, 0.3) is 0 Å². The summed E-state index contributed by atoms with van der Waals surface area (Å²) in [5.74, 6) is 0.705. The predicted octanol–water partition coefficient (Wildman–Crippen LogP) is 2.26. The third kappa shape index (κ3) is 2.97. The van der Waals surface area contributed by atoms with Crippen molar-refractivity contribution in [3.8, 4) is 11.4 Å². The Labute approximate surface area is 138 Å². The Morgan fingerprint density at radius 1 is 1.17 bits per heavy atom. The van der Waals surface area contributed by atoms with Crippen molar-refractivity contribution in [2.75, 3.05) is 6.54 Å². The van der Waals surface area contributed by atoms with Gasteiger partial charge in [0.2, 0.25) is 0 Å². The zero-order chi connectivity index (χ0) is 15.6. The highest BCUT2D eigenvalue weighted by molar-refractivity contribution is 7.09. The van der Waals surface area contributed by atoms with Crippen LogP contribution in [0.3, 0.4) is 0 Å². The highest BCUT2D eigenvalue weighted by Gasteiger charge is 2.20. The molecule has 3 aromatic rings. The summed E-state index contributed by atoms with van der Waals surface area (Å²) in [4.78, 5) is 25.3. The summed E-state index contributed by atoms with van der Waals surface area (Å²) in [6.07, 6.45) is 7.89. The largest absolute Gasteiger partial charge is 0.293 e. The van der Waals surface area contributed by atoms with E-state index in [2.05, 4.69) is 31.8 Å². The van der Waals surface area contributed by atoms with Crippen LogP contribution in [0.4, 0.5) is 0 Å². The van der Waals surface area contributed by atoms with Gasteiger partial charge in [0.15, 0.2) is 5.82 Å². The van der Waals surface area contributed by atoms with Gasteiger partial charge in [-0.15, -0.1) is 11.3 Å². The van der Waals surface area contributed by atoms with E-state index in [1.54, 1.807) is 23.7 Å². The molecular weight excluding hydrogens is 308 g/mol. The summed E-state index contributed by atoms with van der Waals surface area (Å²) in [5.41, 5.74) is 6.25. The monoisotopic (exact) mass is 324 g/mol. The maximum atomic E-state index is 4.71. The van der Waals surface area contributed by atoms with Gasteiger partial charge in [-0.3, -0.25) is 4.90 Å². The molecule has 0 atom stereocenters. The van der Waals surface area contributed by atoms with E-state index in [0.29, 0.717) is 5.82 Å². The quantitative estimate of drug-likeness (QED) is 0.736. The van der Waals surface area contributed by atoms with E-state index in [1.165, 1.54) is 16.8 Å². The van der Waals surface area contributed by atoms with E-state index in [1.807, 2.05) is 11.7 Å². The number of aromatic nitrogens is 5. The molecule has 4 heterocycles. The number of rotatable bonds is 3. The molecule has 0 amide bonds. The van der Waals surface area contributed by atoms with E-state index in [4.69, 9.17) is 4.98 Å². The van der Waals surface area contributed by atoms with Crippen LogP contribution in [0.15, 0.2) is 30.4 Å². The fraction of sp³-hybridized carbons (Fsp3) is 0.312. The minimum absolute atomic E-state index is 0.705. The Bertz CT molecular complexity index is 816. The fourth-order valence-electron chi connectivity index (χ4n) is 2.74. The van der Waals surface area contributed by atoms with Crippen LogP contribution in [0.5, 0.6) is 0 Å². The molecule has 1 aliphatic heterocycles. The lowest BCUT2D eigenvalue weighted by Gasteiger charge is -2.27. The first-order valence-corrected chi connectivity index (χ1v) is 8.39. The third-order valence-corrected chi connectivity index (χ3v) is 4.96. The van der Waals surface area contributed by atoms with Crippen molar-refractivity contribution in [2.45, 2.75) is 26.4 Å². The van der Waals surface area contributed by atoms with Crippen LogP contribution >= 0.6 is 11.3 Å². The van der Waals surface area contributed by atoms with Crippen LogP contribution in [0.25, 0.3) is 11.4 Å². The molecule has 7 heteroatoms. The normalized spacial score (nSPS) is 14.7. The molecule has 0 aromatic carbocycles. The van der Waals surface area contributed by atoms with Gasteiger partial charge in [-0.1, -0.05) is 0 Å². The minimum Gasteiger partial charge on any atom is -0.293 e. The summed E-state index contributed by atoms with van der Waals surface area (Å²) in [5, 5.41) is 0. The van der Waals surface area contributed by atoms with Crippen molar-refractivity contribution >= 4 is 11.3 Å². The molecule has 0 unspecified atom stereocenters. The molecule has 3 aromatic heterocycles. The number of aryl methyl sites for hydroxylation is 1. The van der Waals surface area contributed by atoms with Crippen LogP contribution in [0.1, 0.15) is 21.8 Å². The molecule has 1 aliphatic rings. The van der Waals surface area contributed by atoms with Gasteiger partial charge in [-0.05, 0) is 6.92 Å². The van der Waals surface area contributed by atoms with Crippen LogP contribution in [-0.4, -0.2) is 36.4 Å². The summed E-state index contributed by atoms with van der Waals surface area (Å²) in [6.45, 7) is 4.91. The molecule has 0 radical (unpaired) electrons. The molecule has 0 N–H and O–H groups in total. The van der Waals surface area contributed by atoms with Crippen LogP contribution < -0.4 is 0 Å². The SMILES string of the molecule is Cc1ncsc1CN1CCc2nc(-c3cncnc3)ncc2C1. The highest BCUT2D eigenvalue weighted by atomic mass is 32.1. The molecule has 0 bridgehead atoms. The molecule has 0 fully saturated rings. The molecule has 0 saturated heterocycles. The Kier molecular flexibility index (Phi) is 3.80. The van der Waals surface area contributed by atoms with Gasteiger partial charge in [0.05, 0.1) is 22.5 Å². The number of thiazole rings is 1. The Morgan fingerprint density at radius 3 is 2.83 bits per heavy atom. The Morgan fingerprint density at radius 2 is 2.04 bits per heavy atom. The lowest BCUT2D eigenvalue weighted by molar-refractivity contribution is 0.244. The topological polar surface area (TPSA) is 67.7 Å². The Balaban J connectivity index is 1.53. The van der Waals surface area contributed by atoms with Crippen molar-refractivity contribution in [2.24, 2.45) is 0 Å². The second kappa shape index (κ2) is 6.10. The lowest BCUT2D eigenvalue weighted by atomic mass is 10.1. The Hall–Kier alpha value is -2.25. The van der Waals surface area contributed by atoms with Crippen molar-refractivity contribution in [3.63, 3.8) is 0 Å². The van der Waals surface area contributed by atoms with Crippen LogP contribution in [0, 0.1) is 6.92 Å². The average Bonchev–Trinajstić information content (AvgIpc) is 3.00. The number of nitrogens with zero attached hydrogens (tertiary/aromatic N) is 6. The molecule has 6 nitrogen and oxygen atoms in total. The van der Waals surface area contributed by atoms with E-state index in [0.717, 1.165) is 43.0 Å². The van der Waals surface area contributed by atoms with E-state index >= 15 is 0 Å². The van der Waals surface area contributed by atoms with Crippen molar-refractivity contribution in [1.82, 2.24) is 29.8 Å². The van der Waals surface area contributed by atoms with Gasteiger partial charge in [0.1, 0.15) is 6.33 Å². The lowest BCUT2D eigenvalue weighted by Crippen LogP contribution is -2.30. The molecule has 116 valence electrons. The summed E-state index contributed by atoms with van der Waals surface area (Å²) in [7, 11) is 0. The molecular formula is C16H16N6S. The smallest absolute Gasteiger partial charge is 0.162 e. The molecule has 0 spiro atoms. The zero-order valence-corrected chi connectivity index (χ0v) is 13.6. The molecule has 0 saturated carbocycles. The number of fused-ring (bicyclic) bond motifs is 1. The fourth-order valence-corrected chi connectivity index (χ4v) is 3.56. The van der Waals surface area contributed by atoms with Gasteiger partial charge < -0.3 is 0 Å². The van der Waals surface area contributed by atoms with E-state index in [-0.39, 0.29) is 0 Å². The second-order valence-electron chi connectivity index (χ2n) is 5.61. The van der Waals surface area contributed by atoms with Gasteiger partial charge in [-0.2, -0.15) is 0 Å². The van der Waals surface area contributed by atoms with E-state index in [9.17, 15) is 0 Å². The molecule has 23 heavy (non-hydrogen) atoms.